The molecule has 2 N–H and O–H groups in total. The number of hydrogen-bond acceptors (Lipinski definition) is 4. The maximum atomic E-state index is 11.9. The summed E-state index contributed by atoms with van der Waals surface area (Å²) >= 11 is 0. The van der Waals surface area contributed by atoms with E-state index in [1.165, 1.54) is 24.5 Å². The highest BCUT2D eigenvalue weighted by Gasteiger charge is 2.42. The van der Waals surface area contributed by atoms with Crippen molar-refractivity contribution in [1.29, 1.82) is 0 Å². The number of nitrogens with one attached hydrogen (secondary N) is 1. The molecule has 1 saturated carbocycles. The van der Waals surface area contributed by atoms with Crippen molar-refractivity contribution in [1.82, 2.24) is 9.71 Å². The first-order valence-corrected chi connectivity index (χ1v) is 6.52. The lowest BCUT2D eigenvalue weighted by Gasteiger charge is -2.42. The average Bonchev–Trinajstić information content (AvgIpc) is 2.16. The molecule has 1 aromatic heterocycles. The number of pyridine rings is 1. The molecule has 2 rings (SSSR count). The van der Waals surface area contributed by atoms with Gasteiger partial charge in [0.15, 0.2) is 0 Å². The summed E-state index contributed by atoms with van der Waals surface area (Å²) in [6, 6.07) is 2.89. The zero-order valence-corrected chi connectivity index (χ0v) is 9.74. The summed E-state index contributed by atoms with van der Waals surface area (Å²) in [6.45, 7) is 1.79. The quantitative estimate of drug-likeness (QED) is 0.797. The Morgan fingerprint density at radius 1 is 1.44 bits per heavy atom. The normalized spacial score (nSPS) is 29.8. The van der Waals surface area contributed by atoms with Gasteiger partial charge in [-0.05, 0) is 31.9 Å². The molecule has 88 valence electrons. The van der Waals surface area contributed by atoms with E-state index in [0.29, 0.717) is 12.8 Å². The van der Waals surface area contributed by atoms with Crippen molar-refractivity contribution in [2.24, 2.45) is 0 Å². The number of rotatable bonds is 3. The fraction of sp³-hybridized carbons (Fsp3) is 0.500. The molecule has 1 aliphatic rings. The third kappa shape index (κ3) is 2.23. The third-order valence-electron chi connectivity index (χ3n) is 2.71. The number of sulfonamides is 1. The van der Waals surface area contributed by atoms with Crippen LogP contribution >= 0.6 is 0 Å². The Labute approximate surface area is 94.6 Å². The average molecular weight is 242 g/mol. The van der Waals surface area contributed by atoms with Gasteiger partial charge in [0.1, 0.15) is 0 Å². The van der Waals surface area contributed by atoms with Crippen LogP contribution in [-0.4, -0.2) is 30.2 Å². The van der Waals surface area contributed by atoms with Crippen LogP contribution in [0.25, 0.3) is 0 Å². The van der Waals surface area contributed by atoms with Gasteiger partial charge in [0.05, 0.1) is 11.0 Å². The number of aliphatic hydroxyl groups excluding tert-OH is 1. The molecule has 0 radical (unpaired) electrons. The molecule has 0 bridgehead atoms. The van der Waals surface area contributed by atoms with E-state index in [4.69, 9.17) is 0 Å². The number of nitrogens with zero attached hydrogens (tertiary/aromatic N) is 1. The van der Waals surface area contributed by atoms with Gasteiger partial charge >= 0.3 is 0 Å². The lowest BCUT2D eigenvalue weighted by molar-refractivity contribution is 0.0238. The molecule has 0 aromatic carbocycles. The minimum atomic E-state index is -3.50. The van der Waals surface area contributed by atoms with Crippen molar-refractivity contribution < 1.29 is 13.5 Å². The molecule has 1 aliphatic carbocycles. The topological polar surface area (TPSA) is 79.3 Å². The molecule has 1 fully saturated rings. The first-order valence-electron chi connectivity index (χ1n) is 5.03. The smallest absolute Gasteiger partial charge is 0.241 e. The first kappa shape index (κ1) is 11.5. The van der Waals surface area contributed by atoms with Crippen LogP contribution in [0.4, 0.5) is 0 Å². The maximum Gasteiger partial charge on any atom is 0.241 e. The van der Waals surface area contributed by atoms with Gasteiger partial charge in [0, 0.05) is 17.9 Å². The van der Waals surface area contributed by atoms with Crippen molar-refractivity contribution in [2.75, 3.05) is 0 Å². The van der Waals surface area contributed by atoms with Crippen LogP contribution < -0.4 is 4.72 Å². The van der Waals surface area contributed by atoms with Crippen LogP contribution in [0.1, 0.15) is 19.8 Å². The number of hydrogen-bond donors (Lipinski definition) is 2. The van der Waals surface area contributed by atoms with Gasteiger partial charge in [-0.25, -0.2) is 13.1 Å². The molecule has 0 unspecified atom stereocenters. The largest absolute Gasteiger partial charge is 0.393 e. The molecule has 0 saturated heterocycles. The van der Waals surface area contributed by atoms with Crippen molar-refractivity contribution in [3.05, 3.63) is 24.5 Å². The van der Waals surface area contributed by atoms with Gasteiger partial charge < -0.3 is 5.11 Å². The summed E-state index contributed by atoms with van der Waals surface area (Å²) in [5, 5.41) is 9.21. The zero-order valence-electron chi connectivity index (χ0n) is 8.92. The van der Waals surface area contributed by atoms with Gasteiger partial charge in [-0.15, -0.1) is 0 Å². The Bertz CT molecular complexity index is 466. The lowest BCUT2D eigenvalue weighted by Crippen LogP contribution is -2.57. The summed E-state index contributed by atoms with van der Waals surface area (Å²) in [4.78, 5) is 3.97. The zero-order chi connectivity index (χ0) is 11.8. The van der Waals surface area contributed by atoms with Crippen molar-refractivity contribution in [2.45, 2.75) is 36.3 Å². The first-order chi connectivity index (χ1) is 7.41. The van der Waals surface area contributed by atoms with Crippen LogP contribution in [0.5, 0.6) is 0 Å². The van der Waals surface area contributed by atoms with E-state index in [2.05, 4.69) is 9.71 Å². The van der Waals surface area contributed by atoms with Gasteiger partial charge in [0.2, 0.25) is 10.0 Å². The SMILES string of the molecule is CC1(NS(=O)(=O)c2ccncc2)CC(O)C1. The van der Waals surface area contributed by atoms with E-state index in [1.54, 1.807) is 6.92 Å². The fourth-order valence-electron chi connectivity index (χ4n) is 1.96. The van der Waals surface area contributed by atoms with E-state index in [0.717, 1.165) is 0 Å². The minimum Gasteiger partial charge on any atom is -0.393 e. The Balaban J connectivity index is 2.16. The summed E-state index contributed by atoms with van der Waals surface area (Å²) in [5.74, 6) is 0. The van der Waals surface area contributed by atoms with Crippen LogP contribution in [0.2, 0.25) is 0 Å². The summed E-state index contributed by atoms with van der Waals surface area (Å²) in [6.07, 6.45) is 3.39. The van der Waals surface area contributed by atoms with Gasteiger partial charge in [-0.3, -0.25) is 4.98 Å². The minimum absolute atomic E-state index is 0.199. The molecule has 5 nitrogen and oxygen atoms in total. The standard InChI is InChI=1S/C10H14N2O3S/c1-10(6-8(13)7-10)12-16(14,15)9-2-4-11-5-3-9/h2-5,8,12-13H,6-7H2,1H3. The Hall–Kier alpha value is -0.980. The number of aliphatic hydroxyl groups is 1. The summed E-state index contributed by atoms with van der Waals surface area (Å²) < 4.78 is 26.5. The van der Waals surface area contributed by atoms with Gasteiger partial charge in [-0.2, -0.15) is 0 Å². The van der Waals surface area contributed by atoms with Gasteiger partial charge in [-0.1, -0.05) is 0 Å². The highest BCUT2D eigenvalue weighted by atomic mass is 32.2. The Kier molecular flexibility index (Phi) is 2.73. The van der Waals surface area contributed by atoms with E-state index in [1.807, 2.05) is 0 Å². The van der Waals surface area contributed by atoms with Gasteiger partial charge in [0.25, 0.3) is 0 Å². The Morgan fingerprint density at radius 3 is 2.50 bits per heavy atom. The van der Waals surface area contributed by atoms with Crippen molar-refractivity contribution in [3.8, 4) is 0 Å². The Morgan fingerprint density at radius 2 is 2.00 bits per heavy atom. The monoisotopic (exact) mass is 242 g/mol. The van der Waals surface area contributed by atoms with Crippen LogP contribution in [0.3, 0.4) is 0 Å². The summed E-state index contributed by atoms with van der Waals surface area (Å²) in [7, 11) is -3.50. The van der Waals surface area contributed by atoms with Crippen LogP contribution in [0.15, 0.2) is 29.4 Å². The molecule has 1 heterocycles. The number of aromatic nitrogens is 1. The molecule has 16 heavy (non-hydrogen) atoms. The van der Waals surface area contributed by atoms with E-state index in [-0.39, 0.29) is 4.90 Å². The fourth-order valence-corrected chi connectivity index (χ4v) is 3.38. The lowest BCUT2D eigenvalue weighted by atomic mass is 9.77. The highest BCUT2D eigenvalue weighted by Crippen LogP contribution is 2.33. The third-order valence-corrected chi connectivity index (χ3v) is 4.37. The second-order valence-electron chi connectivity index (χ2n) is 4.41. The molecular formula is C10H14N2O3S. The molecule has 0 atom stereocenters. The molecule has 1 aromatic rings. The van der Waals surface area contributed by atoms with Crippen LogP contribution in [0, 0.1) is 0 Å². The second-order valence-corrected chi connectivity index (χ2v) is 6.09. The highest BCUT2D eigenvalue weighted by molar-refractivity contribution is 7.89. The molecule has 0 spiro atoms. The predicted molar refractivity (Wildman–Crippen MR) is 58.2 cm³/mol. The molecule has 6 heteroatoms. The molecule has 0 amide bonds. The van der Waals surface area contributed by atoms with E-state index >= 15 is 0 Å². The summed E-state index contributed by atoms with van der Waals surface area (Å²) in [5.41, 5.74) is -0.526. The van der Waals surface area contributed by atoms with Crippen molar-refractivity contribution in [3.63, 3.8) is 0 Å². The van der Waals surface area contributed by atoms with E-state index in [9.17, 15) is 13.5 Å². The predicted octanol–water partition coefficient (Wildman–Crippen LogP) is 0.273. The maximum absolute atomic E-state index is 11.9. The van der Waals surface area contributed by atoms with Crippen molar-refractivity contribution >= 4 is 10.0 Å². The van der Waals surface area contributed by atoms with E-state index < -0.39 is 21.7 Å². The molecular weight excluding hydrogens is 228 g/mol. The second kappa shape index (κ2) is 3.80. The molecule has 0 aliphatic heterocycles. The van der Waals surface area contributed by atoms with Crippen LogP contribution in [-0.2, 0) is 10.0 Å².